The predicted molar refractivity (Wildman–Crippen MR) is 70.6 cm³/mol. The highest BCUT2D eigenvalue weighted by molar-refractivity contribution is 5.67. The molecule has 0 fully saturated rings. The molecule has 1 heterocycles. The summed E-state index contributed by atoms with van der Waals surface area (Å²) < 4.78 is 10.7. The Kier molecular flexibility index (Phi) is 2.68. The van der Waals surface area contributed by atoms with Gasteiger partial charge in [-0.05, 0) is 35.7 Å². The summed E-state index contributed by atoms with van der Waals surface area (Å²) in [5, 5.41) is 0. The number of fused-ring (bicyclic) bond motifs is 1. The van der Waals surface area contributed by atoms with Crippen molar-refractivity contribution in [3.05, 3.63) is 48.0 Å². The van der Waals surface area contributed by atoms with Crippen molar-refractivity contribution < 1.29 is 9.47 Å². The van der Waals surface area contributed by atoms with Crippen molar-refractivity contribution in [2.75, 3.05) is 6.79 Å². The molecule has 3 nitrogen and oxygen atoms in total. The van der Waals surface area contributed by atoms with Gasteiger partial charge in [0.05, 0.1) is 0 Å². The van der Waals surface area contributed by atoms with Crippen molar-refractivity contribution in [2.24, 2.45) is 5.73 Å². The molecule has 2 aromatic carbocycles. The molecular formula is C15H15NO2. The van der Waals surface area contributed by atoms with Crippen LogP contribution in [-0.4, -0.2) is 6.79 Å². The van der Waals surface area contributed by atoms with Crippen molar-refractivity contribution in [3.63, 3.8) is 0 Å². The van der Waals surface area contributed by atoms with Crippen molar-refractivity contribution >= 4 is 0 Å². The normalized spacial score (nSPS) is 14.6. The lowest BCUT2D eigenvalue weighted by Crippen LogP contribution is -2.04. The van der Waals surface area contributed by atoms with E-state index in [1.807, 2.05) is 25.1 Å². The van der Waals surface area contributed by atoms with Gasteiger partial charge in [-0.15, -0.1) is 0 Å². The molecule has 0 spiro atoms. The fourth-order valence-electron chi connectivity index (χ4n) is 2.06. The van der Waals surface area contributed by atoms with Crippen molar-refractivity contribution in [2.45, 2.75) is 13.0 Å². The number of rotatable bonds is 2. The molecule has 0 bridgehead atoms. The SMILES string of the molecule is CC(N)c1ccc(-c2ccc3c(c2)OCO3)cc1. The van der Waals surface area contributed by atoms with E-state index in [1.165, 1.54) is 0 Å². The minimum Gasteiger partial charge on any atom is -0.454 e. The third kappa shape index (κ3) is 1.93. The maximum Gasteiger partial charge on any atom is 0.231 e. The predicted octanol–water partition coefficient (Wildman–Crippen LogP) is 3.10. The molecule has 0 saturated carbocycles. The van der Waals surface area contributed by atoms with E-state index in [1.54, 1.807) is 0 Å². The number of hydrogen-bond donors (Lipinski definition) is 1. The van der Waals surface area contributed by atoms with Gasteiger partial charge in [-0.1, -0.05) is 30.3 Å². The molecular weight excluding hydrogens is 226 g/mol. The Balaban J connectivity index is 1.95. The van der Waals surface area contributed by atoms with Gasteiger partial charge < -0.3 is 15.2 Å². The minimum absolute atomic E-state index is 0.0656. The highest BCUT2D eigenvalue weighted by atomic mass is 16.7. The lowest BCUT2D eigenvalue weighted by molar-refractivity contribution is 0.174. The molecule has 1 unspecified atom stereocenters. The molecule has 2 N–H and O–H groups in total. The molecule has 0 saturated heterocycles. The van der Waals surface area contributed by atoms with Crippen LogP contribution in [0.3, 0.4) is 0 Å². The summed E-state index contributed by atoms with van der Waals surface area (Å²) in [4.78, 5) is 0. The van der Waals surface area contributed by atoms with Crippen LogP contribution < -0.4 is 15.2 Å². The van der Waals surface area contributed by atoms with Crippen LogP contribution in [0.15, 0.2) is 42.5 Å². The average molecular weight is 241 g/mol. The van der Waals surface area contributed by atoms with Gasteiger partial charge >= 0.3 is 0 Å². The van der Waals surface area contributed by atoms with Crippen LogP contribution in [0.5, 0.6) is 11.5 Å². The van der Waals surface area contributed by atoms with Gasteiger partial charge in [0, 0.05) is 6.04 Å². The molecule has 0 amide bonds. The van der Waals surface area contributed by atoms with E-state index in [0.717, 1.165) is 28.2 Å². The standard InChI is InChI=1S/C15H15NO2/c1-10(16)11-2-4-12(5-3-11)13-6-7-14-15(8-13)18-9-17-14/h2-8,10H,9,16H2,1H3. The highest BCUT2D eigenvalue weighted by Gasteiger charge is 2.13. The summed E-state index contributed by atoms with van der Waals surface area (Å²) in [7, 11) is 0. The van der Waals surface area contributed by atoms with E-state index in [9.17, 15) is 0 Å². The number of benzene rings is 2. The molecule has 1 aliphatic heterocycles. The summed E-state index contributed by atoms with van der Waals surface area (Å²) in [5.41, 5.74) is 9.25. The molecule has 0 aromatic heterocycles. The Morgan fingerprint density at radius 1 is 0.944 bits per heavy atom. The first-order valence-electron chi connectivity index (χ1n) is 5.99. The van der Waals surface area contributed by atoms with Crippen LogP contribution in [-0.2, 0) is 0 Å². The van der Waals surface area contributed by atoms with Crippen molar-refractivity contribution in [1.29, 1.82) is 0 Å². The largest absolute Gasteiger partial charge is 0.454 e. The monoisotopic (exact) mass is 241 g/mol. The second-order valence-electron chi connectivity index (χ2n) is 4.48. The summed E-state index contributed by atoms with van der Waals surface area (Å²) in [5.74, 6) is 1.62. The quantitative estimate of drug-likeness (QED) is 0.878. The smallest absolute Gasteiger partial charge is 0.231 e. The fourth-order valence-corrected chi connectivity index (χ4v) is 2.06. The third-order valence-corrected chi connectivity index (χ3v) is 3.14. The second kappa shape index (κ2) is 4.35. The van der Waals surface area contributed by atoms with Gasteiger partial charge in [0.1, 0.15) is 0 Å². The lowest BCUT2D eigenvalue weighted by Gasteiger charge is -2.07. The zero-order valence-electron chi connectivity index (χ0n) is 10.2. The van der Waals surface area contributed by atoms with Gasteiger partial charge in [0.25, 0.3) is 0 Å². The van der Waals surface area contributed by atoms with E-state index in [0.29, 0.717) is 6.79 Å². The lowest BCUT2D eigenvalue weighted by atomic mass is 10.0. The summed E-state index contributed by atoms with van der Waals surface area (Å²) in [6.07, 6.45) is 0. The van der Waals surface area contributed by atoms with Crippen LogP contribution in [0.2, 0.25) is 0 Å². The maximum atomic E-state index is 5.84. The highest BCUT2D eigenvalue weighted by Crippen LogP contribution is 2.35. The zero-order chi connectivity index (χ0) is 12.5. The summed E-state index contributed by atoms with van der Waals surface area (Å²) in [6.45, 7) is 2.29. The average Bonchev–Trinajstić information content (AvgIpc) is 2.86. The molecule has 92 valence electrons. The number of ether oxygens (including phenoxy) is 2. The summed E-state index contributed by atoms with van der Waals surface area (Å²) in [6, 6.07) is 14.3. The zero-order valence-corrected chi connectivity index (χ0v) is 10.2. The van der Waals surface area contributed by atoms with E-state index in [2.05, 4.69) is 24.3 Å². The summed E-state index contributed by atoms with van der Waals surface area (Å²) >= 11 is 0. The van der Waals surface area contributed by atoms with Crippen molar-refractivity contribution in [1.82, 2.24) is 0 Å². The Morgan fingerprint density at radius 3 is 2.33 bits per heavy atom. The molecule has 1 aliphatic rings. The Bertz CT molecular complexity index is 561. The van der Waals surface area contributed by atoms with E-state index in [-0.39, 0.29) is 6.04 Å². The Hall–Kier alpha value is -2.00. The van der Waals surface area contributed by atoms with Crippen LogP contribution in [0, 0.1) is 0 Å². The van der Waals surface area contributed by atoms with Crippen LogP contribution in [0.25, 0.3) is 11.1 Å². The van der Waals surface area contributed by atoms with E-state index < -0.39 is 0 Å². The maximum absolute atomic E-state index is 5.84. The van der Waals surface area contributed by atoms with Crippen LogP contribution in [0.4, 0.5) is 0 Å². The van der Waals surface area contributed by atoms with Crippen LogP contribution in [0.1, 0.15) is 18.5 Å². The fraction of sp³-hybridized carbons (Fsp3) is 0.200. The first-order valence-corrected chi connectivity index (χ1v) is 5.99. The molecule has 0 aliphatic carbocycles. The Labute approximate surface area is 106 Å². The number of nitrogens with two attached hydrogens (primary N) is 1. The molecule has 0 radical (unpaired) electrons. The third-order valence-electron chi connectivity index (χ3n) is 3.14. The molecule has 3 heteroatoms. The minimum atomic E-state index is 0.0656. The van der Waals surface area contributed by atoms with Gasteiger partial charge in [0.2, 0.25) is 6.79 Å². The van der Waals surface area contributed by atoms with E-state index >= 15 is 0 Å². The first kappa shape index (κ1) is 11.1. The van der Waals surface area contributed by atoms with Gasteiger partial charge in [-0.3, -0.25) is 0 Å². The molecule has 1 atom stereocenters. The second-order valence-corrected chi connectivity index (χ2v) is 4.48. The first-order chi connectivity index (χ1) is 8.74. The number of hydrogen-bond acceptors (Lipinski definition) is 3. The molecule has 3 rings (SSSR count). The molecule has 2 aromatic rings. The topological polar surface area (TPSA) is 44.5 Å². The van der Waals surface area contributed by atoms with Crippen LogP contribution >= 0.6 is 0 Å². The van der Waals surface area contributed by atoms with E-state index in [4.69, 9.17) is 15.2 Å². The van der Waals surface area contributed by atoms with Gasteiger partial charge in [0.15, 0.2) is 11.5 Å². The molecule has 18 heavy (non-hydrogen) atoms. The van der Waals surface area contributed by atoms with Gasteiger partial charge in [-0.25, -0.2) is 0 Å². The Morgan fingerprint density at radius 2 is 1.61 bits per heavy atom. The van der Waals surface area contributed by atoms with Crippen molar-refractivity contribution in [3.8, 4) is 22.6 Å². The van der Waals surface area contributed by atoms with Gasteiger partial charge in [-0.2, -0.15) is 0 Å².